The monoisotopic (exact) mass is 266 g/mol. The highest BCUT2D eigenvalue weighted by Crippen LogP contribution is 2.22. The van der Waals surface area contributed by atoms with E-state index in [0.717, 1.165) is 16.5 Å². The molecule has 0 unspecified atom stereocenters. The van der Waals surface area contributed by atoms with Gasteiger partial charge < -0.3 is 15.4 Å². The zero-order chi connectivity index (χ0) is 13.0. The molecule has 0 fully saturated rings. The third-order valence-corrected chi connectivity index (χ3v) is 2.97. The molecule has 2 aromatic rings. The fraction of sp³-hybridized carbons (Fsp3) is 0.308. The van der Waals surface area contributed by atoms with Crippen LogP contribution in [0, 0.1) is 0 Å². The highest BCUT2D eigenvalue weighted by Gasteiger charge is 2.08. The van der Waals surface area contributed by atoms with Gasteiger partial charge in [0.15, 0.2) is 0 Å². The van der Waals surface area contributed by atoms with Gasteiger partial charge in [-0.05, 0) is 24.1 Å². The summed E-state index contributed by atoms with van der Waals surface area (Å²) in [5.74, 6) is -0.0423. The largest absolute Gasteiger partial charge is 0.396 e. The van der Waals surface area contributed by atoms with Crippen molar-refractivity contribution in [2.75, 3.05) is 13.2 Å². The first kappa shape index (κ1) is 12.9. The van der Waals surface area contributed by atoms with E-state index in [1.54, 1.807) is 0 Å². The van der Waals surface area contributed by atoms with Gasteiger partial charge in [0.2, 0.25) is 5.91 Å². The van der Waals surface area contributed by atoms with Gasteiger partial charge in [-0.1, -0.05) is 17.7 Å². The summed E-state index contributed by atoms with van der Waals surface area (Å²) >= 11 is 5.90. The average molecular weight is 267 g/mol. The Morgan fingerprint density at radius 3 is 3.06 bits per heavy atom. The van der Waals surface area contributed by atoms with E-state index in [9.17, 15) is 4.79 Å². The van der Waals surface area contributed by atoms with Crippen molar-refractivity contribution in [1.29, 1.82) is 0 Å². The maximum atomic E-state index is 11.7. The van der Waals surface area contributed by atoms with Gasteiger partial charge in [-0.3, -0.25) is 4.79 Å². The van der Waals surface area contributed by atoms with Crippen LogP contribution in [0.2, 0.25) is 5.02 Å². The maximum absolute atomic E-state index is 11.7. The lowest BCUT2D eigenvalue weighted by Crippen LogP contribution is -2.26. The predicted octanol–water partition coefficient (Wildman–Crippen LogP) is 1.86. The van der Waals surface area contributed by atoms with Gasteiger partial charge in [0.05, 0.1) is 6.42 Å². The third kappa shape index (κ3) is 3.03. The van der Waals surface area contributed by atoms with Gasteiger partial charge in [0.1, 0.15) is 0 Å². The number of aliphatic hydroxyl groups is 1. The van der Waals surface area contributed by atoms with E-state index in [1.807, 2.05) is 24.4 Å². The molecular formula is C13H15ClN2O2. The molecular weight excluding hydrogens is 252 g/mol. The van der Waals surface area contributed by atoms with Gasteiger partial charge in [-0.15, -0.1) is 0 Å². The molecule has 0 saturated heterocycles. The first-order valence-corrected chi connectivity index (χ1v) is 6.21. The minimum atomic E-state index is -0.0423. The number of benzene rings is 1. The molecule has 0 aliphatic rings. The molecule has 1 aromatic carbocycles. The zero-order valence-electron chi connectivity index (χ0n) is 9.87. The van der Waals surface area contributed by atoms with Crippen LogP contribution in [-0.2, 0) is 11.2 Å². The number of fused-ring (bicyclic) bond motifs is 1. The predicted molar refractivity (Wildman–Crippen MR) is 71.7 cm³/mol. The number of aromatic nitrogens is 1. The number of rotatable bonds is 5. The summed E-state index contributed by atoms with van der Waals surface area (Å²) < 4.78 is 0. The number of carbonyl (C=O) groups is 1. The molecule has 1 aromatic heterocycles. The van der Waals surface area contributed by atoms with Crippen molar-refractivity contribution in [2.24, 2.45) is 0 Å². The van der Waals surface area contributed by atoms with Crippen molar-refractivity contribution >= 4 is 28.4 Å². The van der Waals surface area contributed by atoms with Crippen LogP contribution in [0.5, 0.6) is 0 Å². The highest BCUT2D eigenvalue weighted by molar-refractivity contribution is 6.31. The van der Waals surface area contributed by atoms with Crippen LogP contribution in [0.25, 0.3) is 10.9 Å². The Hall–Kier alpha value is -1.52. The normalized spacial score (nSPS) is 10.8. The molecule has 0 aliphatic carbocycles. The number of aliphatic hydroxyl groups excluding tert-OH is 1. The number of halogens is 1. The Balaban J connectivity index is 2.05. The Bertz CT molecular complexity index is 551. The molecule has 3 N–H and O–H groups in total. The van der Waals surface area contributed by atoms with Crippen molar-refractivity contribution in [1.82, 2.24) is 10.3 Å². The smallest absolute Gasteiger partial charge is 0.224 e. The fourth-order valence-corrected chi connectivity index (χ4v) is 2.02. The number of nitrogens with one attached hydrogen (secondary N) is 2. The van der Waals surface area contributed by atoms with Crippen LogP contribution in [0.15, 0.2) is 24.4 Å². The van der Waals surface area contributed by atoms with Gasteiger partial charge >= 0.3 is 0 Å². The van der Waals surface area contributed by atoms with E-state index < -0.39 is 0 Å². The van der Waals surface area contributed by atoms with Crippen LogP contribution in [0.1, 0.15) is 12.0 Å². The molecule has 1 heterocycles. The van der Waals surface area contributed by atoms with Crippen LogP contribution < -0.4 is 5.32 Å². The Morgan fingerprint density at radius 2 is 2.28 bits per heavy atom. The van der Waals surface area contributed by atoms with Gasteiger partial charge in [0.25, 0.3) is 0 Å². The lowest BCUT2D eigenvalue weighted by molar-refractivity contribution is -0.120. The third-order valence-electron chi connectivity index (χ3n) is 2.74. The standard InChI is InChI=1S/C13H15ClN2O2/c14-10-2-3-11-9(8-16-12(11)7-10)6-13(18)15-4-1-5-17/h2-3,7-8,16-17H,1,4-6H2,(H,15,18). The van der Waals surface area contributed by atoms with Crippen molar-refractivity contribution in [2.45, 2.75) is 12.8 Å². The van der Waals surface area contributed by atoms with E-state index in [1.165, 1.54) is 0 Å². The number of carbonyl (C=O) groups excluding carboxylic acids is 1. The van der Waals surface area contributed by atoms with Crippen LogP contribution in [0.3, 0.4) is 0 Å². The zero-order valence-corrected chi connectivity index (χ0v) is 10.6. The molecule has 0 spiro atoms. The Kier molecular flexibility index (Phi) is 4.23. The lowest BCUT2D eigenvalue weighted by atomic mass is 10.1. The van der Waals surface area contributed by atoms with Crippen molar-refractivity contribution in [3.05, 3.63) is 35.0 Å². The van der Waals surface area contributed by atoms with E-state index in [4.69, 9.17) is 16.7 Å². The summed E-state index contributed by atoms with van der Waals surface area (Å²) in [7, 11) is 0. The van der Waals surface area contributed by atoms with E-state index in [2.05, 4.69) is 10.3 Å². The van der Waals surface area contributed by atoms with Crippen molar-refractivity contribution in [3.8, 4) is 0 Å². The molecule has 5 heteroatoms. The highest BCUT2D eigenvalue weighted by atomic mass is 35.5. The molecule has 0 atom stereocenters. The summed E-state index contributed by atoms with van der Waals surface area (Å²) in [4.78, 5) is 14.8. The second kappa shape index (κ2) is 5.89. The summed E-state index contributed by atoms with van der Waals surface area (Å²) in [6.07, 6.45) is 2.73. The molecule has 2 rings (SSSR count). The summed E-state index contributed by atoms with van der Waals surface area (Å²) in [5.41, 5.74) is 1.88. The minimum absolute atomic E-state index is 0.0423. The molecule has 0 bridgehead atoms. The van der Waals surface area contributed by atoms with E-state index in [-0.39, 0.29) is 12.5 Å². The quantitative estimate of drug-likeness (QED) is 0.724. The summed E-state index contributed by atoms with van der Waals surface area (Å²) in [6, 6.07) is 5.56. The molecule has 0 radical (unpaired) electrons. The number of hydrogen-bond acceptors (Lipinski definition) is 2. The van der Waals surface area contributed by atoms with Crippen molar-refractivity contribution in [3.63, 3.8) is 0 Å². The Morgan fingerprint density at radius 1 is 1.44 bits per heavy atom. The van der Waals surface area contributed by atoms with Crippen molar-refractivity contribution < 1.29 is 9.90 Å². The molecule has 1 amide bonds. The molecule has 0 saturated carbocycles. The molecule has 0 aliphatic heterocycles. The fourth-order valence-electron chi connectivity index (χ4n) is 1.85. The topological polar surface area (TPSA) is 65.1 Å². The van der Waals surface area contributed by atoms with Crippen LogP contribution in [0.4, 0.5) is 0 Å². The number of aromatic amines is 1. The second-order valence-electron chi connectivity index (χ2n) is 4.11. The lowest BCUT2D eigenvalue weighted by Gasteiger charge is -2.03. The second-order valence-corrected chi connectivity index (χ2v) is 4.54. The van der Waals surface area contributed by atoms with Gasteiger partial charge in [-0.2, -0.15) is 0 Å². The number of amides is 1. The average Bonchev–Trinajstić information content (AvgIpc) is 2.72. The van der Waals surface area contributed by atoms with Crippen LogP contribution in [-0.4, -0.2) is 29.1 Å². The summed E-state index contributed by atoms with van der Waals surface area (Å²) in [5, 5.41) is 13.1. The number of hydrogen-bond donors (Lipinski definition) is 3. The van der Waals surface area contributed by atoms with Crippen LogP contribution >= 0.6 is 11.6 Å². The molecule has 4 nitrogen and oxygen atoms in total. The molecule has 18 heavy (non-hydrogen) atoms. The summed E-state index contributed by atoms with van der Waals surface area (Å²) in [6.45, 7) is 0.593. The van der Waals surface area contributed by atoms with E-state index in [0.29, 0.717) is 24.4 Å². The van der Waals surface area contributed by atoms with Gasteiger partial charge in [0, 0.05) is 35.3 Å². The minimum Gasteiger partial charge on any atom is -0.396 e. The first-order valence-electron chi connectivity index (χ1n) is 5.84. The van der Waals surface area contributed by atoms with E-state index >= 15 is 0 Å². The van der Waals surface area contributed by atoms with Gasteiger partial charge in [-0.25, -0.2) is 0 Å². The number of H-pyrrole nitrogens is 1. The first-order chi connectivity index (χ1) is 8.70. The SMILES string of the molecule is O=C(Cc1c[nH]c2cc(Cl)ccc12)NCCCO. The Labute approximate surface area is 110 Å². The molecule has 96 valence electrons. The maximum Gasteiger partial charge on any atom is 0.224 e.